The highest BCUT2D eigenvalue weighted by Gasteiger charge is 2.32. The maximum absolute atomic E-state index is 12.4. The molecule has 2 rings (SSSR count). The largest absolute Gasteiger partial charge is 0.344 e. The van der Waals surface area contributed by atoms with E-state index in [1.807, 2.05) is 0 Å². The lowest BCUT2D eigenvalue weighted by atomic mass is 9.98. The zero-order valence-electron chi connectivity index (χ0n) is 12.9. The van der Waals surface area contributed by atoms with Crippen molar-refractivity contribution in [2.45, 2.75) is 31.7 Å². The lowest BCUT2D eigenvalue weighted by Gasteiger charge is -2.32. The summed E-state index contributed by atoms with van der Waals surface area (Å²) in [4.78, 5) is 16.4. The molecule has 2 fully saturated rings. The van der Waals surface area contributed by atoms with Crippen molar-refractivity contribution in [2.24, 2.45) is 11.1 Å². The quantitative estimate of drug-likeness (QED) is 0.712. The van der Waals surface area contributed by atoms with E-state index in [0.29, 0.717) is 25.6 Å². The van der Waals surface area contributed by atoms with E-state index in [4.69, 9.17) is 5.14 Å². The van der Waals surface area contributed by atoms with E-state index in [-0.39, 0.29) is 18.4 Å². The molecular weight excluding hydrogens is 292 g/mol. The second kappa shape index (κ2) is 6.60. The Morgan fingerprint density at radius 2 is 1.90 bits per heavy atom. The van der Waals surface area contributed by atoms with Crippen LogP contribution >= 0.6 is 0 Å². The molecule has 2 N–H and O–H groups in total. The lowest BCUT2D eigenvalue weighted by Crippen LogP contribution is -2.48. The van der Waals surface area contributed by atoms with Crippen LogP contribution in [0.5, 0.6) is 0 Å². The molecule has 0 unspecified atom stereocenters. The van der Waals surface area contributed by atoms with Crippen molar-refractivity contribution < 1.29 is 13.2 Å². The molecule has 21 heavy (non-hydrogen) atoms. The first-order valence-corrected chi connectivity index (χ1v) is 9.02. The van der Waals surface area contributed by atoms with Crippen LogP contribution in [0, 0.1) is 5.92 Å². The molecule has 0 aromatic heterocycles. The third-order valence-electron chi connectivity index (χ3n) is 4.43. The molecule has 1 heterocycles. The summed E-state index contributed by atoms with van der Waals surface area (Å²) >= 11 is 0. The van der Waals surface area contributed by atoms with E-state index in [1.54, 1.807) is 11.9 Å². The van der Waals surface area contributed by atoms with Crippen LogP contribution in [-0.2, 0) is 15.0 Å². The van der Waals surface area contributed by atoms with Crippen LogP contribution < -0.4 is 5.14 Å². The van der Waals surface area contributed by atoms with Gasteiger partial charge in [0.05, 0.1) is 5.92 Å². The van der Waals surface area contributed by atoms with Crippen LogP contribution in [0.1, 0.15) is 25.7 Å². The highest BCUT2D eigenvalue weighted by molar-refractivity contribution is 7.86. The highest BCUT2D eigenvalue weighted by atomic mass is 32.2. The Morgan fingerprint density at radius 3 is 2.48 bits per heavy atom. The van der Waals surface area contributed by atoms with Gasteiger partial charge in [0.2, 0.25) is 5.91 Å². The summed E-state index contributed by atoms with van der Waals surface area (Å²) < 4.78 is 24.0. The molecule has 0 radical (unpaired) electrons. The third kappa shape index (κ3) is 4.64. The SMILES string of the molecule is CN(CCN(C)C1CC1)C(=O)[C@H]1CCCN(S(N)(=O)=O)C1. The zero-order valence-corrected chi connectivity index (χ0v) is 13.7. The summed E-state index contributed by atoms with van der Waals surface area (Å²) in [5.41, 5.74) is 0. The molecule has 1 amide bonds. The molecule has 1 aliphatic carbocycles. The second-order valence-corrected chi connectivity index (χ2v) is 7.76. The topological polar surface area (TPSA) is 86.9 Å². The number of nitrogens with two attached hydrogens (primary N) is 1. The average Bonchev–Trinajstić information content (AvgIpc) is 3.27. The zero-order chi connectivity index (χ0) is 15.6. The Balaban J connectivity index is 1.83. The van der Waals surface area contributed by atoms with E-state index >= 15 is 0 Å². The molecule has 1 aliphatic heterocycles. The van der Waals surface area contributed by atoms with Gasteiger partial charge in [0.25, 0.3) is 10.2 Å². The maximum Gasteiger partial charge on any atom is 0.276 e. The van der Waals surface area contributed by atoms with Gasteiger partial charge in [-0.3, -0.25) is 4.79 Å². The van der Waals surface area contributed by atoms with Gasteiger partial charge in [-0.2, -0.15) is 12.7 Å². The first-order chi connectivity index (χ1) is 9.79. The molecule has 0 aromatic rings. The minimum atomic E-state index is -3.69. The number of hydrogen-bond donors (Lipinski definition) is 1. The fraction of sp³-hybridized carbons (Fsp3) is 0.923. The second-order valence-electron chi connectivity index (χ2n) is 6.21. The van der Waals surface area contributed by atoms with Gasteiger partial charge in [0, 0.05) is 39.3 Å². The number of likely N-dealkylation sites (N-methyl/N-ethyl adjacent to an activating group) is 2. The van der Waals surface area contributed by atoms with Crippen LogP contribution in [-0.4, -0.2) is 74.7 Å². The first kappa shape index (κ1) is 16.7. The maximum atomic E-state index is 12.4. The van der Waals surface area contributed by atoms with E-state index in [0.717, 1.165) is 13.0 Å². The molecule has 1 atom stereocenters. The third-order valence-corrected chi connectivity index (χ3v) is 5.48. The number of nitrogens with zero attached hydrogens (tertiary/aromatic N) is 3. The van der Waals surface area contributed by atoms with Crippen LogP contribution in [0.15, 0.2) is 0 Å². The number of amides is 1. The van der Waals surface area contributed by atoms with Gasteiger partial charge < -0.3 is 9.80 Å². The number of hydrogen-bond acceptors (Lipinski definition) is 4. The number of carbonyl (C=O) groups is 1. The lowest BCUT2D eigenvalue weighted by molar-refractivity contribution is -0.135. The van der Waals surface area contributed by atoms with E-state index in [9.17, 15) is 13.2 Å². The van der Waals surface area contributed by atoms with Crippen molar-refractivity contribution in [1.29, 1.82) is 0 Å². The molecule has 0 spiro atoms. The summed E-state index contributed by atoms with van der Waals surface area (Å²) in [5.74, 6) is -0.249. The van der Waals surface area contributed by atoms with Gasteiger partial charge >= 0.3 is 0 Å². The Kier molecular flexibility index (Phi) is 5.24. The fourth-order valence-electron chi connectivity index (χ4n) is 2.80. The summed E-state index contributed by atoms with van der Waals surface area (Å²) in [7, 11) is 0.181. The molecular formula is C13H26N4O3S. The normalized spacial score (nSPS) is 24.3. The fourth-order valence-corrected chi connectivity index (χ4v) is 3.57. The molecule has 0 aromatic carbocycles. The van der Waals surface area contributed by atoms with Crippen LogP contribution in [0.2, 0.25) is 0 Å². The predicted molar refractivity (Wildman–Crippen MR) is 80.7 cm³/mol. The summed E-state index contributed by atoms with van der Waals surface area (Å²) in [6, 6.07) is 0.682. The van der Waals surface area contributed by atoms with Gasteiger partial charge in [-0.15, -0.1) is 0 Å². The predicted octanol–water partition coefficient (Wildman–Crippen LogP) is -0.545. The minimum Gasteiger partial charge on any atom is -0.344 e. The Bertz CT molecular complexity index is 478. The number of rotatable bonds is 6. The van der Waals surface area contributed by atoms with Crippen molar-refractivity contribution in [2.75, 3.05) is 40.3 Å². The van der Waals surface area contributed by atoms with E-state index < -0.39 is 10.2 Å². The van der Waals surface area contributed by atoms with Crippen molar-refractivity contribution in [3.05, 3.63) is 0 Å². The van der Waals surface area contributed by atoms with E-state index in [2.05, 4.69) is 11.9 Å². The molecule has 1 saturated heterocycles. The number of carbonyl (C=O) groups excluding carboxylic acids is 1. The molecule has 0 bridgehead atoms. The Hall–Kier alpha value is -0.700. The first-order valence-electron chi connectivity index (χ1n) is 7.52. The Morgan fingerprint density at radius 1 is 1.24 bits per heavy atom. The van der Waals surface area contributed by atoms with Crippen molar-refractivity contribution in [3.63, 3.8) is 0 Å². The smallest absolute Gasteiger partial charge is 0.276 e. The van der Waals surface area contributed by atoms with Gasteiger partial charge in [-0.1, -0.05) is 0 Å². The van der Waals surface area contributed by atoms with Gasteiger partial charge in [0.1, 0.15) is 0 Å². The van der Waals surface area contributed by atoms with Gasteiger partial charge in [-0.05, 0) is 32.7 Å². The van der Waals surface area contributed by atoms with Crippen LogP contribution in [0.4, 0.5) is 0 Å². The Labute approximate surface area is 127 Å². The van der Waals surface area contributed by atoms with Gasteiger partial charge in [0.15, 0.2) is 0 Å². The van der Waals surface area contributed by atoms with Crippen LogP contribution in [0.3, 0.4) is 0 Å². The standard InChI is InChI=1S/C13H26N4O3S/c1-15(12-5-6-12)8-9-16(2)13(18)11-4-3-7-17(10-11)21(14,19)20/h11-12H,3-10H2,1-2H3,(H2,14,19,20)/t11-/m0/s1. The average molecular weight is 318 g/mol. The monoisotopic (exact) mass is 318 g/mol. The summed E-state index contributed by atoms with van der Waals surface area (Å²) in [6.07, 6.45) is 3.91. The highest BCUT2D eigenvalue weighted by Crippen LogP contribution is 2.25. The van der Waals surface area contributed by atoms with Crippen molar-refractivity contribution in [3.8, 4) is 0 Å². The summed E-state index contributed by atoms with van der Waals surface area (Å²) in [5, 5.41) is 5.15. The number of piperidine rings is 1. The van der Waals surface area contributed by atoms with Crippen molar-refractivity contribution >= 4 is 16.1 Å². The van der Waals surface area contributed by atoms with E-state index in [1.165, 1.54) is 17.1 Å². The molecule has 1 saturated carbocycles. The molecule has 8 heteroatoms. The van der Waals surface area contributed by atoms with Crippen molar-refractivity contribution in [1.82, 2.24) is 14.1 Å². The molecule has 122 valence electrons. The summed E-state index contributed by atoms with van der Waals surface area (Å²) in [6.45, 7) is 2.16. The molecule has 2 aliphatic rings. The van der Waals surface area contributed by atoms with Crippen LogP contribution in [0.25, 0.3) is 0 Å². The molecule has 7 nitrogen and oxygen atoms in total. The minimum absolute atomic E-state index is 0.0209. The van der Waals surface area contributed by atoms with Gasteiger partial charge in [-0.25, -0.2) is 5.14 Å².